The monoisotopic (exact) mass is 282 g/mol. The van der Waals surface area contributed by atoms with Gasteiger partial charge in [0.25, 0.3) is 0 Å². The minimum Gasteiger partial charge on any atom is -0.300 e. The summed E-state index contributed by atoms with van der Waals surface area (Å²) >= 11 is 1.63. The van der Waals surface area contributed by atoms with Crippen molar-refractivity contribution in [3.63, 3.8) is 0 Å². The summed E-state index contributed by atoms with van der Waals surface area (Å²) in [4.78, 5) is 17.8. The molecule has 1 N–H and O–H groups in total. The van der Waals surface area contributed by atoms with Gasteiger partial charge in [-0.25, -0.2) is 9.78 Å². The standard InChI is InChI=1S/C16H14N2OS/c1-11-9-17-16(19)18-15(11)20-10-13-7-4-6-12-5-2-3-8-14(12)13/h2-9H,10H2,1H3,(H,17,18,19). The average molecular weight is 282 g/mol. The largest absolute Gasteiger partial charge is 0.345 e. The third-order valence-electron chi connectivity index (χ3n) is 3.21. The van der Waals surface area contributed by atoms with E-state index in [9.17, 15) is 4.79 Å². The lowest BCUT2D eigenvalue weighted by Gasteiger charge is -2.07. The first-order valence-electron chi connectivity index (χ1n) is 6.39. The lowest BCUT2D eigenvalue weighted by Crippen LogP contribution is -2.10. The van der Waals surface area contributed by atoms with E-state index in [2.05, 4.69) is 46.4 Å². The predicted molar refractivity (Wildman–Crippen MR) is 83.1 cm³/mol. The lowest BCUT2D eigenvalue weighted by atomic mass is 10.1. The number of fused-ring (bicyclic) bond motifs is 1. The van der Waals surface area contributed by atoms with Crippen LogP contribution in [0.3, 0.4) is 0 Å². The van der Waals surface area contributed by atoms with Gasteiger partial charge in [0.05, 0.1) is 5.03 Å². The summed E-state index contributed by atoms with van der Waals surface area (Å²) in [6, 6.07) is 14.7. The molecule has 0 bridgehead atoms. The molecule has 0 amide bonds. The van der Waals surface area contributed by atoms with Gasteiger partial charge in [-0.3, -0.25) is 0 Å². The molecule has 0 fully saturated rings. The normalized spacial score (nSPS) is 10.8. The maximum Gasteiger partial charge on any atom is 0.345 e. The van der Waals surface area contributed by atoms with Crippen LogP contribution in [0.1, 0.15) is 11.1 Å². The Bertz CT molecular complexity index is 805. The molecule has 1 aromatic heterocycles. The maximum atomic E-state index is 11.3. The van der Waals surface area contributed by atoms with Gasteiger partial charge in [0, 0.05) is 11.9 Å². The van der Waals surface area contributed by atoms with Gasteiger partial charge in [0.15, 0.2) is 0 Å². The molecule has 20 heavy (non-hydrogen) atoms. The van der Waals surface area contributed by atoms with E-state index in [1.807, 2.05) is 13.0 Å². The van der Waals surface area contributed by atoms with Crippen molar-refractivity contribution in [3.05, 3.63) is 70.3 Å². The number of nitrogens with one attached hydrogen (secondary N) is 1. The Hall–Kier alpha value is -2.07. The van der Waals surface area contributed by atoms with Crippen molar-refractivity contribution in [1.82, 2.24) is 9.97 Å². The van der Waals surface area contributed by atoms with E-state index in [1.54, 1.807) is 18.0 Å². The molecule has 0 saturated heterocycles. The van der Waals surface area contributed by atoms with E-state index >= 15 is 0 Å². The SMILES string of the molecule is Cc1cnc(=O)[nH]c1SCc1cccc2ccccc12. The Morgan fingerprint density at radius 2 is 1.95 bits per heavy atom. The highest BCUT2D eigenvalue weighted by Crippen LogP contribution is 2.27. The molecule has 0 aliphatic rings. The minimum atomic E-state index is -0.295. The fourth-order valence-corrected chi connectivity index (χ4v) is 3.15. The first-order valence-corrected chi connectivity index (χ1v) is 7.38. The Labute approximate surface area is 121 Å². The van der Waals surface area contributed by atoms with E-state index in [4.69, 9.17) is 0 Å². The van der Waals surface area contributed by atoms with Gasteiger partial charge in [0.1, 0.15) is 0 Å². The molecule has 0 saturated carbocycles. The Kier molecular flexibility index (Phi) is 3.56. The van der Waals surface area contributed by atoms with Gasteiger partial charge in [-0.05, 0) is 28.8 Å². The van der Waals surface area contributed by atoms with Crippen molar-refractivity contribution in [2.75, 3.05) is 0 Å². The van der Waals surface area contributed by atoms with Crippen LogP contribution >= 0.6 is 11.8 Å². The third kappa shape index (κ3) is 2.60. The molecule has 3 aromatic rings. The van der Waals surface area contributed by atoms with E-state index < -0.39 is 0 Å². The number of hydrogen-bond acceptors (Lipinski definition) is 3. The molecule has 0 radical (unpaired) electrons. The van der Waals surface area contributed by atoms with Gasteiger partial charge in [-0.15, -0.1) is 11.8 Å². The topological polar surface area (TPSA) is 45.8 Å². The Balaban J connectivity index is 1.90. The van der Waals surface area contributed by atoms with Crippen LogP contribution < -0.4 is 5.69 Å². The zero-order valence-corrected chi connectivity index (χ0v) is 11.9. The van der Waals surface area contributed by atoms with Crippen LogP contribution in [0.15, 0.2) is 58.5 Å². The summed E-state index contributed by atoms with van der Waals surface area (Å²) in [6.07, 6.45) is 1.62. The number of thioether (sulfide) groups is 1. The van der Waals surface area contributed by atoms with E-state index in [0.717, 1.165) is 16.3 Å². The molecular weight excluding hydrogens is 268 g/mol. The summed E-state index contributed by atoms with van der Waals surface area (Å²) in [5.41, 5.74) is 1.97. The van der Waals surface area contributed by atoms with Gasteiger partial charge >= 0.3 is 5.69 Å². The number of H-pyrrole nitrogens is 1. The molecule has 0 unspecified atom stereocenters. The first-order chi connectivity index (χ1) is 9.74. The van der Waals surface area contributed by atoms with Crippen LogP contribution in [0.2, 0.25) is 0 Å². The fourth-order valence-electron chi connectivity index (χ4n) is 2.16. The smallest absolute Gasteiger partial charge is 0.300 e. The van der Waals surface area contributed by atoms with E-state index in [-0.39, 0.29) is 5.69 Å². The molecule has 2 aromatic carbocycles. The van der Waals surface area contributed by atoms with Crippen molar-refractivity contribution < 1.29 is 0 Å². The first kappa shape index (κ1) is 12.9. The zero-order chi connectivity index (χ0) is 13.9. The maximum absolute atomic E-state index is 11.3. The molecule has 0 atom stereocenters. The minimum absolute atomic E-state index is 0.295. The molecule has 100 valence electrons. The second-order valence-corrected chi connectivity index (χ2v) is 5.61. The van der Waals surface area contributed by atoms with E-state index in [1.165, 1.54) is 16.3 Å². The zero-order valence-electron chi connectivity index (χ0n) is 11.1. The molecule has 0 spiro atoms. The molecule has 0 aliphatic carbocycles. The number of aromatic amines is 1. The van der Waals surface area contributed by atoms with Gasteiger partial charge in [0.2, 0.25) is 0 Å². The van der Waals surface area contributed by atoms with Crippen molar-refractivity contribution in [3.8, 4) is 0 Å². The molecule has 0 aliphatic heterocycles. The van der Waals surface area contributed by atoms with Crippen LogP contribution in [0.4, 0.5) is 0 Å². The second kappa shape index (κ2) is 5.51. The number of benzene rings is 2. The summed E-state index contributed by atoms with van der Waals surface area (Å²) in [5.74, 6) is 0.822. The number of aromatic nitrogens is 2. The van der Waals surface area contributed by atoms with Crippen molar-refractivity contribution in [2.45, 2.75) is 17.7 Å². The highest BCUT2D eigenvalue weighted by Gasteiger charge is 2.04. The van der Waals surface area contributed by atoms with Crippen LogP contribution in [0, 0.1) is 6.92 Å². The Morgan fingerprint density at radius 3 is 2.85 bits per heavy atom. The van der Waals surface area contributed by atoms with Gasteiger partial charge in [-0.2, -0.15) is 0 Å². The highest BCUT2D eigenvalue weighted by molar-refractivity contribution is 7.98. The summed E-state index contributed by atoms with van der Waals surface area (Å²) in [5, 5.41) is 3.39. The number of hydrogen-bond donors (Lipinski definition) is 1. The van der Waals surface area contributed by atoms with Gasteiger partial charge < -0.3 is 4.98 Å². The van der Waals surface area contributed by atoms with Crippen LogP contribution in [0.5, 0.6) is 0 Å². The summed E-state index contributed by atoms with van der Waals surface area (Å²) in [6.45, 7) is 1.95. The average Bonchev–Trinajstić information content (AvgIpc) is 2.48. The Morgan fingerprint density at radius 1 is 1.15 bits per heavy atom. The van der Waals surface area contributed by atoms with Gasteiger partial charge in [-0.1, -0.05) is 42.5 Å². The van der Waals surface area contributed by atoms with Crippen LogP contribution in [0.25, 0.3) is 10.8 Å². The molecular formula is C16H14N2OS. The highest BCUT2D eigenvalue weighted by atomic mass is 32.2. The third-order valence-corrected chi connectivity index (χ3v) is 4.37. The fraction of sp³-hybridized carbons (Fsp3) is 0.125. The lowest BCUT2D eigenvalue weighted by molar-refractivity contribution is 0.946. The number of rotatable bonds is 3. The van der Waals surface area contributed by atoms with Crippen molar-refractivity contribution in [1.29, 1.82) is 0 Å². The van der Waals surface area contributed by atoms with Crippen LogP contribution in [-0.4, -0.2) is 9.97 Å². The molecule has 1 heterocycles. The van der Waals surface area contributed by atoms with Crippen molar-refractivity contribution >= 4 is 22.5 Å². The predicted octanol–water partition coefficient (Wildman–Crippen LogP) is 3.52. The number of aryl methyl sites for hydroxylation is 1. The molecule has 4 heteroatoms. The number of nitrogens with zero attached hydrogens (tertiary/aromatic N) is 1. The summed E-state index contributed by atoms with van der Waals surface area (Å²) in [7, 11) is 0. The molecule has 3 rings (SSSR count). The van der Waals surface area contributed by atoms with E-state index in [0.29, 0.717) is 0 Å². The summed E-state index contributed by atoms with van der Waals surface area (Å²) < 4.78 is 0. The van der Waals surface area contributed by atoms with Crippen molar-refractivity contribution in [2.24, 2.45) is 0 Å². The van der Waals surface area contributed by atoms with Crippen LogP contribution in [-0.2, 0) is 5.75 Å². The quantitative estimate of drug-likeness (QED) is 0.590. The molecule has 3 nitrogen and oxygen atoms in total. The second-order valence-electron chi connectivity index (χ2n) is 4.63.